The molecule has 1 aromatic carbocycles. The number of para-hydroxylation sites is 2. The molecule has 0 saturated heterocycles. The Morgan fingerprint density at radius 1 is 1.20 bits per heavy atom. The van der Waals surface area contributed by atoms with Crippen molar-refractivity contribution in [2.75, 3.05) is 0 Å². The molecule has 1 unspecified atom stereocenters. The molecule has 130 valence electrons. The molecule has 2 aromatic heterocycles. The van der Waals surface area contributed by atoms with Crippen LogP contribution in [0.5, 0.6) is 0 Å². The quantitative estimate of drug-likeness (QED) is 0.787. The van der Waals surface area contributed by atoms with Crippen molar-refractivity contribution in [3.8, 4) is 0 Å². The van der Waals surface area contributed by atoms with Crippen LogP contribution in [-0.2, 0) is 17.5 Å². The molecule has 1 N–H and O–H groups in total. The molecule has 2 heterocycles. The lowest BCUT2D eigenvalue weighted by atomic mass is 10.2. The summed E-state index contributed by atoms with van der Waals surface area (Å²) >= 11 is 0. The molecule has 0 fully saturated rings. The first-order chi connectivity index (χ1) is 11.9. The molecule has 0 aliphatic heterocycles. The Bertz CT molecular complexity index is 890. The number of nitrogens with zero attached hydrogens (tertiary/aromatic N) is 3. The molecule has 3 rings (SSSR count). The number of benzene rings is 1. The number of hydrogen-bond acceptors (Lipinski definition) is 3. The summed E-state index contributed by atoms with van der Waals surface area (Å²) in [5.74, 6) is -1.64. The van der Waals surface area contributed by atoms with Crippen LogP contribution in [0.15, 0.2) is 48.7 Å². The number of alkyl halides is 3. The van der Waals surface area contributed by atoms with Gasteiger partial charge in [-0.1, -0.05) is 18.2 Å². The summed E-state index contributed by atoms with van der Waals surface area (Å²) in [6.45, 7) is 1.24. The van der Waals surface area contributed by atoms with E-state index in [1.807, 2.05) is 0 Å². The van der Waals surface area contributed by atoms with E-state index in [4.69, 9.17) is 0 Å². The number of hydrogen-bond donors (Lipinski definition) is 1. The maximum absolute atomic E-state index is 13.2. The highest BCUT2D eigenvalue weighted by Crippen LogP contribution is 2.31. The van der Waals surface area contributed by atoms with E-state index in [1.165, 1.54) is 12.1 Å². The van der Waals surface area contributed by atoms with E-state index in [9.17, 15) is 18.0 Å². The normalized spacial score (nSPS) is 13.0. The average Bonchev–Trinajstić information content (AvgIpc) is 2.94. The average molecular weight is 348 g/mol. The largest absolute Gasteiger partial charge is 0.449 e. The molecule has 25 heavy (non-hydrogen) atoms. The minimum absolute atomic E-state index is 0.195. The van der Waals surface area contributed by atoms with Gasteiger partial charge in [0.2, 0.25) is 11.7 Å². The molecule has 0 spiro atoms. The number of carbonyl (C=O) groups excluding carboxylic acids is 1. The van der Waals surface area contributed by atoms with Gasteiger partial charge < -0.3 is 9.88 Å². The Labute approximate surface area is 141 Å². The minimum atomic E-state index is -4.65. The lowest BCUT2D eigenvalue weighted by molar-refractivity contribution is -0.147. The summed E-state index contributed by atoms with van der Waals surface area (Å²) in [5, 5.41) is 2.66. The van der Waals surface area contributed by atoms with Crippen molar-refractivity contribution in [3.63, 3.8) is 0 Å². The van der Waals surface area contributed by atoms with Crippen molar-refractivity contribution in [1.29, 1.82) is 0 Å². The first kappa shape index (κ1) is 16.9. The molecule has 1 amide bonds. The Kier molecular flexibility index (Phi) is 4.43. The first-order valence-corrected chi connectivity index (χ1v) is 7.59. The number of imidazole rings is 1. The van der Waals surface area contributed by atoms with Crippen molar-refractivity contribution >= 4 is 16.9 Å². The molecule has 5 nitrogen and oxygen atoms in total. The predicted octanol–water partition coefficient (Wildman–Crippen LogP) is 3.33. The molecular weight excluding hydrogens is 333 g/mol. The van der Waals surface area contributed by atoms with E-state index in [-0.39, 0.29) is 11.0 Å². The minimum Gasteiger partial charge on any atom is -0.346 e. The molecule has 0 radical (unpaired) electrons. The van der Waals surface area contributed by atoms with Gasteiger partial charge in [-0.25, -0.2) is 4.98 Å². The van der Waals surface area contributed by atoms with E-state index in [0.29, 0.717) is 5.69 Å². The Morgan fingerprint density at radius 2 is 1.92 bits per heavy atom. The second-order valence-electron chi connectivity index (χ2n) is 5.55. The van der Waals surface area contributed by atoms with E-state index >= 15 is 0 Å². The number of amides is 1. The molecule has 3 aromatic rings. The Balaban J connectivity index is 1.86. The summed E-state index contributed by atoms with van der Waals surface area (Å²) in [7, 11) is 0. The second kappa shape index (κ2) is 6.54. The Hall–Kier alpha value is -2.90. The predicted molar refractivity (Wildman–Crippen MR) is 85.5 cm³/mol. The van der Waals surface area contributed by atoms with Gasteiger partial charge in [0.15, 0.2) is 0 Å². The summed E-state index contributed by atoms with van der Waals surface area (Å²) in [4.78, 5) is 20.0. The van der Waals surface area contributed by atoms with Gasteiger partial charge in [0.1, 0.15) is 6.54 Å². The SMILES string of the molecule is CC(NC(=O)Cn1c(C(F)(F)F)nc2ccccc21)c1ccccn1. The molecular formula is C17H15F3N4O. The van der Waals surface area contributed by atoms with Crippen molar-refractivity contribution < 1.29 is 18.0 Å². The third-order valence-corrected chi connectivity index (χ3v) is 3.72. The molecule has 0 aliphatic carbocycles. The zero-order valence-corrected chi connectivity index (χ0v) is 13.3. The zero-order chi connectivity index (χ0) is 18.0. The molecule has 0 saturated carbocycles. The van der Waals surface area contributed by atoms with E-state index < -0.39 is 30.5 Å². The highest BCUT2D eigenvalue weighted by Gasteiger charge is 2.38. The van der Waals surface area contributed by atoms with Gasteiger partial charge in [-0.05, 0) is 31.2 Å². The van der Waals surface area contributed by atoms with Crippen LogP contribution in [0.2, 0.25) is 0 Å². The number of aromatic nitrogens is 3. The van der Waals surface area contributed by atoms with Crippen LogP contribution in [0.25, 0.3) is 11.0 Å². The molecule has 0 bridgehead atoms. The monoisotopic (exact) mass is 348 g/mol. The van der Waals surface area contributed by atoms with Crippen LogP contribution in [0.3, 0.4) is 0 Å². The van der Waals surface area contributed by atoms with Gasteiger partial charge in [-0.15, -0.1) is 0 Å². The molecule has 1 atom stereocenters. The lowest BCUT2D eigenvalue weighted by Gasteiger charge is -2.15. The third-order valence-electron chi connectivity index (χ3n) is 3.72. The van der Waals surface area contributed by atoms with Gasteiger partial charge in [-0.3, -0.25) is 9.78 Å². The topological polar surface area (TPSA) is 59.8 Å². The summed E-state index contributed by atoms with van der Waals surface area (Å²) in [6.07, 6.45) is -3.06. The molecule has 8 heteroatoms. The highest BCUT2D eigenvalue weighted by atomic mass is 19.4. The van der Waals surface area contributed by atoms with Crippen LogP contribution >= 0.6 is 0 Å². The van der Waals surface area contributed by atoms with Crippen molar-refractivity contribution in [3.05, 3.63) is 60.2 Å². The number of fused-ring (bicyclic) bond motifs is 1. The van der Waals surface area contributed by atoms with E-state index in [0.717, 1.165) is 4.57 Å². The van der Waals surface area contributed by atoms with Crippen molar-refractivity contribution in [2.45, 2.75) is 25.7 Å². The van der Waals surface area contributed by atoms with Crippen LogP contribution in [0, 0.1) is 0 Å². The number of nitrogens with one attached hydrogen (secondary N) is 1. The maximum atomic E-state index is 13.2. The zero-order valence-electron chi connectivity index (χ0n) is 13.3. The van der Waals surface area contributed by atoms with Gasteiger partial charge in [0, 0.05) is 6.20 Å². The van der Waals surface area contributed by atoms with Gasteiger partial charge in [-0.2, -0.15) is 13.2 Å². The maximum Gasteiger partial charge on any atom is 0.449 e. The highest BCUT2D eigenvalue weighted by molar-refractivity contribution is 5.81. The lowest BCUT2D eigenvalue weighted by Crippen LogP contribution is -2.31. The number of pyridine rings is 1. The number of carbonyl (C=O) groups is 1. The van der Waals surface area contributed by atoms with Crippen LogP contribution in [-0.4, -0.2) is 20.4 Å². The first-order valence-electron chi connectivity index (χ1n) is 7.59. The second-order valence-corrected chi connectivity index (χ2v) is 5.55. The van der Waals surface area contributed by atoms with Crippen molar-refractivity contribution in [2.24, 2.45) is 0 Å². The van der Waals surface area contributed by atoms with E-state index in [2.05, 4.69) is 15.3 Å². The molecule has 0 aliphatic rings. The Morgan fingerprint density at radius 3 is 2.60 bits per heavy atom. The fourth-order valence-electron chi connectivity index (χ4n) is 2.59. The smallest absolute Gasteiger partial charge is 0.346 e. The number of rotatable bonds is 4. The van der Waals surface area contributed by atoms with Gasteiger partial charge in [0.25, 0.3) is 0 Å². The number of halogens is 3. The van der Waals surface area contributed by atoms with E-state index in [1.54, 1.807) is 43.5 Å². The fourth-order valence-corrected chi connectivity index (χ4v) is 2.59. The van der Waals surface area contributed by atoms with Crippen LogP contribution in [0.4, 0.5) is 13.2 Å². The fraction of sp³-hybridized carbons (Fsp3) is 0.235. The van der Waals surface area contributed by atoms with Gasteiger partial charge in [0.05, 0.1) is 22.8 Å². The van der Waals surface area contributed by atoms with Crippen LogP contribution in [0.1, 0.15) is 24.5 Å². The summed E-state index contributed by atoms with van der Waals surface area (Å²) < 4.78 is 40.6. The van der Waals surface area contributed by atoms with Crippen molar-refractivity contribution in [1.82, 2.24) is 19.9 Å². The third kappa shape index (κ3) is 3.62. The van der Waals surface area contributed by atoms with Crippen LogP contribution < -0.4 is 5.32 Å². The summed E-state index contributed by atoms with van der Waals surface area (Å²) in [6, 6.07) is 11.0. The van der Waals surface area contributed by atoms with Gasteiger partial charge >= 0.3 is 6.18 Å². The summed E-state index contributed by atoms with van der Waals surface area (Å²) in [5.41, 5.74) is 1.08. The standard InChI is InChI=1S/C17H15F3N4O/c1-11(12-6-4-5-9-21-12)22-15(25)10-24-14-8-3-2-7-13(14)23-16(24)17(18,19)20/h2-9,11H,10H2,1H3,(H,22,25).